The number of hydrogen-bond donors (Lipinski definition) is 1. The van der Waals surface area contributed by atoms with Gasteiger partial charge in [0, 0.05) is 26.1 Å². The maximum Gasteiger partial charge on any atom is 0.303 e. The van der Waals surface area contributed by atoms with Gasteiger partial charge in [0.15, 0.2) is 0 Å². The fraction of sp³-hybridized carbons (Fsp3) is 0.909. The second-order valence-corrected chi connectivity index (χ2v) is 4.11. The molecule has 1 atom stereocenters. The fourth-order valence-corrected chi connectivity index (χ4v) is 2.18. The van der Waals surface area contributed by atoms with E-state index in [2.05, 4.69) is 4.90 Å². The molecule has 4 nitrogen and oxygen atoms in total. The van der Waals surface area contributed by atoms with Crippen molar-refractivity contribution in [2.75, 3.05) is 26.8 Å². The number of methoxy groups -OCH3 is 1. The SMILES string of the molecule is COCCN1CCCCC1CCC(=O)O. The van der Waals surface area contributed by atoms with Gasteiger partial charge in [-0.2, -0.15) is 0 Å². The molecule has 1 rings (SSSR count). The van der Waals surface area contributed by atoms with Gasteiger partial charge in [-0.05, 0) is 25.8 Å². The van der Waals surface area contributed by atoms with Crippen molar-refractivity contribution < 1.29 is 14.6 Å². The van der Waals surface area contributed by atoms with Crippen LogP contribution < -0.4 is 0 Å². The molecule has 0 spiro atoms. The quantitative estimate of drug-likeness (QED) is 0.726. The molecule has 0 aromatic heterocycles. The van der Waals surface area contributed by atoms with Gasteiger partial charge in [-0.1, -0.05) is 6.42 Å². The third kappa shape index (κ3) is 4.62. The van der Waals surface area contributed by atoms with Crippen LogP contribution in [0.25, 0.3) is 0 Å². The van der Waals surface area contributed by atoms with Gasteiger partial charge in [0.05, 0.1) is 6.61 Å². The van der Waals surface area contributed by atoms with Crippen molar-refractivity contribution in [3.63, 3.8) is 0 Å². The highest BCUT2D eigenvalue weighted by Gasteiger charge is 2.22. The summed E-state index contributed by atoms with van der Waals surface area (Å²) in [5.74, 6) is -0.688. The lowest BCUT2D eigenvalue weighted by molar-refractivity contribution is -0.137. The number of carboxylic acids is 1. The first-order valence-electron chi connectivity index (χ1n) is 5.69. The molecule has 1 aliphatic heterocycles. The number of piperidine rings is 1. The lowest BCUT2D eigenvalue weighted by atomic mass is 9.98. The predicted molar refractivity (Wildman–Crippen MR) is 58.0 cm³/mol. The molecule has 1 unspecified atom stereocenters. The zero-order chi connectivity index (χ0) is 11.1. The summed E-state index contributed by atoms with van der Waals surface area (Å²) in [6, 6.07) is 0.449. The summed E-state index contributed by atoms with van der Waals surface area (Å²) in [4.78, 5) is 12.9. The smallest absolute Gasteiger partial charge is 0.303 e. The van der Waals surface area contributed by atoms with Gasteiger partial charge in [0.1, 0.15) is 0 Å². The van der Waals surface area contributed by atoms with Crippen LogP contribution in [0, 0.1) is 0 Å². The van der Waals surface area contributed by atoms with Crippen LogP contribution in [-0.2, 0) is 9.53 Å². The minimum Gasteiger partial charge on any atom is -0.481 e. The summed E-state index contributed by atoms with van der Waals surface area (Å²) in [5.41, 5.74) is 0. The average molecular weight is 215 g/mol. The molecule has 0 aromatic rings. The first-order valence-corrected chi connectivity index (χ1v) is 5.69. The third-order valence-electron chi connectivity index (χ3n) is 3.02. The van der Waals surface area contributed by atoms with Gasteiger partial charge >= 0.3 is 5.97 Å². The zero-order valence-corrected chi connectivity index (χ0v) is 9.45. The van der Waals surface area contributed by atoms with E-state index in [-0.39, 0.29) is 6.42 Å². The largest absolute Gasteiger partial charge is 0.481 e. The van der Waals surface area contributed by atoms with Crippen molar-refractivity contribution in [1.29, 1.82) is 0 Å². The van der Waals surface area contributed by atoms with E-state index in [1.807, 2.05) is 0 Å². The number of carboxylic acid groups (broad SMARTS) is 1. The van der Waals surface area contributed by atoms with E-state index in [0.717, 1.165) is 32.5 Å². The molecular formula is C11H21NO3. The van der Waals surface area contributed by atoms with Crippen molar-refractivity contribution in [2.24, 2.45) is 0 Å². The van der Waals surface area contributed by atoms with Gasteiger partial charge in [-0.25, -0.2) is 0 Å². The van der Waals surface area contributed by atoms with Crippen LogP contribution in [0.5, 0.6) is 0 Å². The molecule has 0 radical (unpaired) electrons. The van der Waals surface area contributed by atoms with E-state index >= 15 is 0 Å². The minimum atomic E-state index is -0.688. The monoisotopic (exact) mass is 215 g/mol. The van der Waals surface area contributed by atoms with Crippen molar-refractivity contribution in [3.8, 4) is 0 Å². The molecule has 0 saturated carbocycles. The minimum absolute atomic E-state index is 0.286. The summed E-state index contributed by atoms with van der Waals surface area (Å²) < 4.78 is 5.06. The van der Waals surface area contributed by atoms with Gasteiger partial charge in [-0.3, -0.25) is 9.69 Å². The highest BCUT2D eigenvalue weighted by atomic mass is 16.5. The maximum atomic E-state index is 10.5. The lowest BCUT2D eigenvalue weighted by Gasteiger charge is -2.35. The Labute approximate surface area is 91.2 Å². The number of carbonyl (C=O) groups is 1. The first-order chi connectivity index (χ1) is 7.24. The summed E-state index contributed by atoms with van der Waals surface area (Å²) in [7, 11) is 1.70. The molecule has 0 bridgehead atoms. The molecule has 1 N–H and O–H groups in total. The van der Waals surface area contributed by atoms with Crippen molar-refractivity contribution in [1.82, 2.24) is 4.90 Å². The van der Waals surface area contributed by atoms with Gasteiger partial charge in [0.25, 0.3) is 0 Å². The fourth-order valence-electron chi connectivity index (χ4n) is 2.18. The molecule has 1 saturated heterocycles. The Balaban J connectivity index is 2.32. The molecule has 0 aliphatic carbocycles. The van der Waals surface area contributed by atoms with E-state index in [4.69, 9.17) is 9.84 Å². The van der Waals surface area contributed by atoms with E-state index in [1.165, 1.54) is 12.8 Å². The van der Waals surface area contributed by atoms with Crippen LogP contribution in [0.2, 0.25) is 0 Å². The van der Waals surface area contributed by atoms with Crippen LogP contribution in [0.4, 0.5) is 0 Å². The summed E-state index contributed by atoms with van der Waals surface area (Å²) in [6.45, 7) is 2.76. The summed E-state index contributed by atoms with van der Waals surface area (Å²) in [5, 5.41) is 8.66. The normalized spacial score (nSPS) is 22.9. The second-order valence-electron chi connectivity index (χ2n) is 4.11. The van der Waals surface area contributed by atoms with Crippen molar-refractivity contribution >= 4 is 5.97 Å². The van der Waals surface area contributed by atoms with Crippen LogP contribution in [0.1, 0.15) is 32.1 Å². The van der Waals surface area contributed by atoms with Crippen LogP contribution in [0.15, 0.2) is 0 Å². The Bertz CT molecular complexity index is 196. The van der Waals surface area contributed by atoms with Crippen LogP contribution in [0.3, 0.4) is 0 Å². The molecule has 1 heterocycles. The lowest BCUT2D eigenvalue weighted by Crippen LogP contribution is -2.41. The molecule has 0 aromatic carbocycles. The summed E-state index contributed by atoms with van der Waals surface area (Å²) >= 11 is 0. The van der Waals surface area contributed by atoms with Gasteiger partial charge < -0.3 is 9.84 Å². The maximum absolute atomic E-state index is 10.5. The number of rotatable bonds is 6. The van der Waals surface area contributed by atoms with Gasteiger partial charge in [-0.15, -0.1) is 0 Å². The Hall–Kier alpha value is -0.610. The third-order valence-corrected chi connectivity index (χ3v) is 3.02. The Kier molecular flexibility index (Phi) is 5.65. The number of hydrogen-bond acceptors (Lipinski definition) is 3. The molecule has 15 heavy (non-hydrogen) atoms. The second kappa shape index (κ2) is 6.80. The predicted octanol–water partition coefficient (Wildman–Crippen LogP) is 1.35. The summed E-state index contributed by atoms with van der Waals surface area (Å²) in [6.07, 6.45) is 4.66. The van der Waals surface area contributed by atoms with Crippen LogP contribution in [-0.4, -0.2) is 48.8 Å². The highest BCUT2D eigenvalue weighted by Crippen LogP contribution is 2.20. The van der Waals surface area contributed by atoms with E-state index in [0.29, 0.717) is 6.04 Å². The molecule has 0 amide bonds. The van der Waals surface area contributed by atoms with E-state index in [9.17, 15) is 4.79 Å². The van der Waals surface area contributed by atoms with Crippen LogP contribution >= 0.6 is 0 Å². The number of aliphatic carboxylic acids is 1. The molecule has 4 heteroatoms. The Morgan fingerprint density at radius 1 is 1.53 bits per heavy atom. The van der Waals surface area contributed by atoms with E-state index < -0.39 is 5.97 Å². The number of ether oxygens (including phenoxy) is 1. The highest BCUT2D eigenvalue weighted by molar-refractivity contribution is 5.66. The topological polar surface area (TPSA) is 49.8 Å². The Morgan fingerprint density at radius 3 is 3.00 bits per heavy atom. The first kappa shape index (κ1) is 12.5. The van der Waals surface area contributed by atoms with Gasteiger partial charge in [0.2, 0.25) is 0 Å². The molecule has 1 fully saturated rings. The zero-order valence-electron chi connectivity index (χ0n) is 9.45. The standard InChI is InChI=1S/C11H21NO3/c1-15-9-8-12-7-3-2-4-10(12)5-6-11(13)14/h10H,2-9H2,1H3,(H,13,14). The molecular weight excluding hydrogens is 194 g/mol. The number of likely N-dealkylation sites (tertiary alicyclic amines) is 1. The Morgan fingerprint density at radius 2 is 2.33 bits per heavy atom. The van der Waals surface area contributed by atoms with Crippen molar-refractivity contribution in [2.45, 2.75) is 38.1 Å². The van der Waals surface area contributed by atoms with E-state index in [1.54, 1.807) is 7.11 Å². The van der Waals surface area contributed by atoms with Crippen molar-refractivity contribution in [3.05, 3.63) is 0 Å². The molecule has 1 aliphatic rings. The number of nitrogens with zero attached hydrogens (tertiary/aromatic N) is 1. The molecule has 88 valence electrons. The average Bonchev–Trinajstić information content (AvgIpc) is 2.24.